The molecule has 0 aliphatic heterocycles. The highest BCUT2D eigenvalue weighted by Gasteiger charge is 2.17. The number of esters is 4. The van der Waals surface area contributed by atoms with E-state index in [0.717, 1.165) is 0 Å². The molecule has 0 amide bonds. The lowest BCUT2D eigenvalue weighted by Gasteiger charge is -2.18. The van der Waals surface area contributed by atoms with E-state index in [1.807, 2.05) is 0 Å². The van der Waals surface area contributed by atoms with Crippen LogP contribution in [-0.4, -0.2) is 149 Å². The first-order chi connectivity index (χ1) is 19.9. The van der Waals surface area contributed by atoms with Crippen LogP contribution in [0.2, 0.25) is 0 Å². The number of ether oxygens (including phenoxy) is 8. The van der Waals surface area contributed by atoms with Crippen molar-refractivity contribution in [2.45, 2.75) is 44.3 Å². The van der Waals surface area contributed by atoms with Crippen LogP contribution < -0.4 is 0 Å². The van der Waals surface area contributed by atoms with E-state index in [2.05, 4.69) is 0 Å². The number of hydrogen-bond donors (Lipinski definition) is 4. The highest BCUT2D eigenvalue weighted by Crippen LogP contribution is 2.01. The number of aliphatic hydroxyl groups is 4. The van der Waals surface area contributed by atoms with Gasteiger partial charge in [-0.1, -0.05) is 0 Å². The molecule has 0 fully saturated rings. The minimum absolute atomic E-state index is 0.127. The summed E-state index contributed by atoms with van der Waals surface area (Å²) in [4.78, 5) is 45.8. The van der Waals surface area contributed by atoms with Gasteiger partial charge in [-0.15, -0.1) is 0 Å². The first-order valence-corrected chi connectivity index (χ1v) is 13.3. The Bertz CT molecular complexity index is 589. The standard InChI is InChI=1S/C25H44O16/c26-6-2-22(30)38-16-20(17-39-23(31)3-7-27)36-14-12-34-10-1-11-35-13-15-37-21(18-40-24(32)4-8-28)19-41-25(33)5-9-29/h20-21,26-29H,1-19H2. The molecule has 0 spiro atoms. The molecule has 41 heavy (non-hydrogen) atoms. The van der Waals surface area contributed by atoms with E-state index in [-0.39, 0.29) is 105 Å². The maximum absolute atomic E-state index is 11.4. The van der Waals surface area contributed by atoms with Crippen LogP contribution in [-0.2, 0) is 57.1 Å². The van der Waals surface area contributed by atoms with Crippen molar-refractivity contribution in [1.82, 2.24) is 0 Å². The first-order valence-electron chi connectivity index (χ1n) is 13.3. The monoisotopic (exact) mass is 600 g/mol. The molecule has 0 saturated heterocycles. The maximum atomic E-state index is 11.4. The highest BCUT2D eigenvalue weighted by molar-refractivity contribution is 5.70. The molecular weight excluding hydrogens is 556 g/mol. The summed E-state index contributed by atoms with van der Waals surface area (Å²) in [5.41, 5.74) is 0. The lowest BCUT2D eigenvalue weighted by atomic mass is 10.4. The summed E-state index contributed by atoms with van der Waals surface area (Å²) in [6.45, 7) is -0.759. The van der Waals surface area contributed by atoms with Crippen molar-refractivity contribution in [1.29, 1.82) is 0 Å². The zero-order valence-corrected chi connectivity index (χ0v) is 23.3. The molecule has 0 aliphatic carbocycles. The van der Waals surface area contributed by atoms with Gasteiger partial charge < -0.3 is 58.3 Å². The van der Waals surface area contributed by atoms with Gasteiger partial charge >= 0.3 is 23.9 Å². The van der Waals surface area contributed by atoms with Crippen molar-refractivity contribution in [2.75, 3.05) is 92.5 Å². The Morgan fingerprint density at radius 1 is 0.439 bits per heavy atom. The van der Waals surface area contributed by atoms with Crippen molar-refractivity contribution < 1.29 is 77.5 Å². The lowest BCUT2D eigenvalue weighted by molar-refractivity contribution is -0.158. The van der Waals surface area contributed by atoms with E-state index in [4.69, 9.17) is 58.3 Å². The largest absolute Gasteiger partial charge is 0.463 e. The predicted molar refractivity (Wildman–Crippen MR) is 136 cm³/mol. The van der Waals surface area contributed by atoms with Gasteiger partial charge in [-0.25, -0.2) is 0 Å². The Labute approximate surface area is 238 Å². The molecule has 0 saturated carbocycles. The second-order valence-electron chi connectivity index (χ2n) is 8.19. The molecule has 0 atom stereocenters. The zero-order valence-electron chi connectivity index (χ0n) is 23.3. The molecular formula is C25H44O16. The van der Waals surface area contributed by atoms with E-state index in [0.29, 0.717) is 19.6 Å². The van der Waals surface area contributed by atoms with Gasteiger partial charge in [-0.2, -0.15) is 0 Å². The van der Waals surface area contributed by atoms with E-state index in [1.165, 1.54) is 0 Å². The van der Waals surface area contributed by atoms with Crippen LogP contribution in [0.3, 0.4) is 0 Å². The van der Waals surface area contributed by atoms with Gasteiger partial charge in [-0.3, -0.25) is 19.2 Å². The zero-order chi connectivity index (χ0) is 30.6. The number of rotatable bonds is 28. The van der Waals surface area contributed by atoms with Gasteiger partial charge in [0.2, 0.25) is 0 Å². The second kappa shape index (κ2) is 27.7. The fourth-order valence-corrected chi connectivity index (χ4v) is 2.70. The summed E-state index contributed by atoms with van der Waals surface area (Å²) in [7, 11) is 0. The molecule has 0 aromatic heterocycles. The highest BCUT2D eigenvalue weighted by atomic mass is 16.6. The molecule has 0 rings (SSSR count). The van der Waals surface area contributed by atoms with E-state index < -0.39 is 36.1 Å². The van der Waals surface area contributed by atoms with Gasteiger partial charge in [-0.05, 0) is 6.42 Å². The van der Waals surface area contributed by atoms with Gasteiger partial charge in [0.15, 0.2) is 0 Å². The number of hydrogen-bond acceptors (Lipinski definition) is 16. The van der Waals surface area contributed by atoms with Gasteiger partial charge in [0.1, 0.15) is 38.6 Å². The van der Waals surface area contributed by atoms with E-state index in [9.17, 15) is 19.2 Å². The Morgan fingerprint density at radius 2 is 0.732 bits per heavy atom. The molecule has 16 heteroatoms. The summed E-state index contributed by atoms with van der Waals surface area (Å²) < 4.78 is 41.9. The minimum Gasteiger partial charge on any atom is -0.463 e. The van der Waals surface area contributed by atoms with Crippen molar-refractivity contribution in [3.8, 4) is 0 Å². The average molecular weight is 601 g/mol. The van der Waals surface area contributed by atoms with E-state index >= 15 is 0 Å². The normalized spacial score (nSPS) is 11.1. The third kappa shape index (κ3) is 25.0. The number of carbonyl (C=O) groups excluding carboxylic acids is 4. The van der Waals surface area contributed by atoms with Crippen LogP contribution in [0.1, 0.15) is 32.1 Å². The van der Waals surface area contributed by atoms with Gasteiger partial charge in [0.05, 0.1) is 78.5 Å². The molecule has 0 bridgehead atoms. The third-order valence-electron chi connectivity index (χ3n) is 4.72. The number of carbonyl (C=O) groups is 4. The summed E-state index contributed by atoms with van der Waals surface area (Å²) in [6, 6.07) is 0. The van der Waals surface area contributed by atoms with Gasteiger partial charge in [0.25, 0.3) is 0 Å². The van der Waals surface area contributed by atoms with Gasteiger partial charge in [0, 0.05) is 13.2 Å². The third-order valence-corrected chi connectivity index (χ3v) is 4.72. The molecule has 0 radical (unpaired) electrons. The SMILES string of the molecule is O=C(CCO)OCC(COC(=O)CCO)OCCOCCCOCCOC(COC(=O)CCO)COC(=O)CCO. The van der Waals surface area contributed by atoms with Crippen molar-refractivity contribution >= 4 is 23.9 Å². The van der Waals surface area contributed by atoms with Crippen LogP contribution in [0, 0.1) is 0 Å². The Kier molecular flexibility index (Phi) is 26.1. The van der Waals surface area contributed by atoms with Crippen molar-refractivity contribution in [3.63, 3.8) is 0 Å². The Morgan fingerprint density at radius 3 is 1.00 bits per heavy atom. The summed E-state index contributed by atoms with van der Waals surface area (Å²) in [5, 5.41) is 35.1. The van der Waals surface area contributed by atoms with E-state index in [1.54, 1.807) is 0 Å². The van der Waals surface area contributed by atoms with Crippen LogP contribution in [0.15, 0.2) is 0 Å². The Balaban J connectivity index is 4.11. The molecule has 16 nitrogen and oxygen atoms in total. The quantitative estimate of drug-likeness (QED) is 0.0428. The molecule has 0 aromatic carbocycles. The molecule has 240 valence electrons. The fraction of sp³-hybridized carbons (Fsp3) is 0.840. The van der Waals surface area contributed by atoms with Crippen LogP contribution in [0.5, 0.6) is 0 Å². The molecule has 4 N–H and O–H groups in total. The molecule has 0 aromatic rings. The first kappa shape index (κ1) is 38.6. The predicted octanol–water partition coefficient (Wildman–Crippen LogP) is -2.12. The molecule has 0 aliphatic rings. The maximum Gasteiger partial charge on any atom is 0.308 e. The van der Waals surface area contributed by atoms with Crippen LogP contribution in [0.25, 0.3) is 0 Å². The van der Waals surface area contributed by atoms with Crippen molar-refractivity contribution in [3.05, 3.63) is 0 Å². The van der Waals surface area contributed by atoms with Crippen molar-refractivity contribution in [2.24, 2.45) is 0 Å². The average Bonchev–Trinajstić information content (AvgIpc) is 2.94. The summed E-state index contributed by atoms with van der Waals surface area (Å²) in [6.07, 6.45) is -1.61. The number of aliphatic hydroxyl groups excluding tert-OH is 4. The molecule has 0 unspecified atom stereocenters. The smallest absolute Gasteiger partial charge is 0.308 e. The second-order valence-corrected chi connectivity index (χ2v) is 8.19. The topological polar surface area (TPSA) is 223 Å². The Hall–Kier alpha value is -2.44. The molecule has 0 heterocycles. The fourth-order valence-electron chi connectivity index (χ4n) is 2.70. The lowest BCUT2D eigenvalue weighted by Crippen LogP contribution is -2.30. The summed E-state index contributed by atoms with van der Waals surface area (Å²) >= 11 is 0. The summed E-state index contributed by atoms with van der Waals surface area (Å²) in [5.74, 6) is -2.49. The minimum atomic E-state index is -0.743. The van der Waals surface area contributed by atoms with Crippen LogP contribution in [0.4, 0.5) is 0 Å². The van der Waals surface area contributed by atoms with Crippen LogP contribution >= 0.6 is 0 Å².